The molecule has 0 bridgehead atoms. The van der Waals surface area contributed by atoms with E-state index in [0.29, 0.717) is 43.3 Å². The molecule has 3 aromatic rings. The summed E-state index contributed by atoms with van der Waals surface area (Å²) in [5.41, 5.74) is 7.84. The molecule has 8 N–H and O–H groups in total. The van der Waals surface area contributed by atoms with Gasteiger partial charge in [-0.1, -0.05) is 24.3 Å². The zero-order valence-electron chi connectivity index (χ0n) is 23.3. The van der Waals surface area contributed by atoms with E-state index in [1.54, 1.807) is 4.68 Å². The number of nitrogens with zero attached hydrogens (tertiary/aromatic N) is 2. The number of rotatable bonds is 16. The molecule has 2 heterocycles. The number of benzene rings is 2. The molecule has 5 atom stereocenters. The molecule has 0 aliphatic carbocycles. The number of nitrogens with two attached hydrogens (primary N) is 1. The number of aliphatic hydroxyl groups is 5. The van der Waals surface area contributed by atoms with Crippen LogP contribution >= 0.6 is 0 Å². The van der Waals surface area contributed by atoms with Crippen LogP contribution in [-0.2, 0) is 28.9 Å². The first-order valence-corrected chi connectivity index (χ1v) is 14.1. The molecule has 13 heteroatoms. The lowest BCUT2D eigenvalue weighted by Crippen LogP contribution is -2.60. The third-order valence-corrected chi connectivity index (χ3v) is 7.14. The molecule has 1 aromatic heterocycles. The molecule has 1 aliphatic rings. The van der Waals surface area contributed by atoms with E-state index in [4.69, 9.17) is 19.9 Å². The summed E-state index contributed by atoms with van der Waals surface area (Å²) in [5, 5.41) is 58.2. The molecule has 13 nitrogen and oxygen atoms in total. The lowest BCUT2D eigenvalue weighted by molar-refractivity contribution is -0.278. The fourth-order valence-corrected chi connectivity index (χ4v) is 4.85. The van der Waals surface area contributed by atoms with Crippen LogP contribution in [0.1, 0.15) is 24.0 Å². The van der Waals surface area contributed by atoms with Crippen LogP contribution < -0.4 is 20.5 Å². The molecule has 0 spiro atoms. The largest absolute Gasteiger partial charge is 0.494 e. The minimum Gasteiger partial charge on any atom is -0.494 e. The van der Waals surface area contributed by atoms with Gasteiger partial charge in [0.2, 0.25) is 18.1 Å². The summed E-state index contributed by atoms with van der Waals surface area (Å²) in [6, 6.07) is 13.5. The third-order valence-electron chi connectivity index (χ3n) is 7.14. The van der Waals surface area contributed by atoms with Gasteiger partial charge in [-0.3, -0.25) is 9.48 Å². The summed E-state index contributed by atoms with van der Waals surface area (Å²) in [4.78, 5) is 10.8. The fourth-order valence-electron chi connectivity index (χ4n) is 4.85. The number of hydrogen-bond donors (Lipinski definition) is 7. The number of aryl methyl sites for hydroxylation is 2. The van der Waals surface area contributed by atoms with Crippen molar-refractivity contribution in [2.75, 3.05) is 32.9 Å². The van der Waals surface area contributed by atoms with Crippen LogP contribution in [-0.4, -0.2) is 105 Å². The molecule has 2 aromatic carbocycles. The first kappa shape index (κ1) is 31.6. The second-order valence-corrected chi connectivity index (χ2v) is 10.2. The van der Waals surface area contributed by atoms with E-state index in [1.165, 1.54) is 0 Å². The van der Waals surface area contributed by atoms with Crippen molar-refractivity contribution in [1.82, 2.24) is 15.1 Å². The van der Waals surface area contributed by atoms with E-state index >= 15 is 0 Å². The number of aliphatic hydroxyl groups excluding tert-OH is 5. The van der Waals surface area contributed by atoms with Gasteiger partial charge in [0.15, 0.2) is 0 Å². The Bertz CT molecular complexity index is 1280. The standard InChI is InChI=1S/C29H40N4O9/c30-23(36)11-13-31-12-2-16-40-20-9-6-18(7-10-20)5-8-19-3-1-4-21-24(19)28(32-33(21)14-15-34)42-29-27(39)26(38)25(37)22(17-35)41-29/h1,3-4,6-7,9-10,22,25-27,29,31,34-35,37-39H,2,5,8,11-17H2,(H2,30,36)/t22-,25-,26+,27-,29+/m1/s1. The Morgan fingerprint density at radius 1 is 1.02 bits per heavy atom. The highest BCUT2D eigenvalue weighted by molar-refractivity contribution is 5.88. The Morgan fingerprint density at radius 3 is 2.52 bits per heavy atom. The summed E-state index contributed by atoms with van der Waals surface area (Å²) in [7, 11) is 0. The maximum atomic E-state index is 10.8. The highest BCUT2D eigenvalue weighted by Crippen LogP contribution is 2.32. The Hall–Kier alpha value is -3.30. The molecule has 1 fully saturated rings. The molecular formula is C29H40N4O9. The summed E-state index contributed by atoms with van der Waals surface area (Å²) >= 11 is 0. The van der Waals surface area contributed by atoms with Crippen molar-refractivity contribution in [2.24, 2.45) is 5.73 Å². The first-order valence-electron chi connectivity index (χ1n) is 14.1. The van der Waals surface area contributed by atoms with Crippen LogP contribution in [0.5, 0.6) is 11.6 Å². The number of hydrogen-bond acceptors (Lipinski definition) is 11. The van der Waals surface area contributed by atoms with Crippen molar-refractivity contribution in [3.63, 3.8) is 0 Å². The molecule has 0 unspecified atom stereocenters. The molecule has 0 saturated carbocycles. The number of amides is 1. The maximum absolute atomic E-state index is 10.8. The van der Waals surface area contributed by atoms with Gasteiger partial charge < -0.3 is 50.8 Å². The van der Waals surface area contributed by atoms with Crippen LogP contribution in [0.25, 0.3) is 10.9 Å². The number of carbonyl (C=O) groups is 1. The molecule has 4 rings (SSSR count). The van der Waals surface area contributed by atoms with Gasteiger partial charge in [0.25, 0.3) is 0 Å². The van der Waals surface area contributed by atoms with E-state index in [2.05, 4.69) is 10.4 Å². The normalized spacial score (nSPS) is 22.4. The SMILES string of the molecule is NC(=O)CCNCCCOc1ccc(CCc2cccc3c2c(O[C@@H]2O[C@H](CO)[C@@H](O)[C@H](O)[C@H]2O)nn3CCO)cc1. The number of ether oxygens (including phenoxy) is 3. The quantitative estimate of drug-likeness (QED) is 0.104. The molecule has 1 aliphatic heterocycles. The van der Waals surface area contributed by atoms with Gasteiger partial charge in [0.1, 0.15) is 30.2 Å². The van der Waals surface area contributed by atoms with Crippen LogP contribution in [0.2, 0.25) is 0 Å². The van der Waals surface area contributed by atoms with E-state index in [9.17, 15) is 30.3 Å². The zero-order valence-corrected chi connectivity index (χ0v) is 23.3. The number of carbonyl (C=O) groups excluding carboxylic acids is 1. The maximum Gasteiger partial charge on any atom is 0.243 e. The first-order chi connectivity index (χ1) is 20.3. The molecule has 1 amide bonds. The van der Waals surface area contributed by atoms with Crippen LogP contribution in [0.15, 0.2) is 42.5 Å². The Kier molecular flexibility index (Phi) is 11.5. The average Bonchev–Trinajstić information content (AvgIpc) is 3.34. The second kappa shape index (κ2) is 15.3. The molecule has 1 saturated heterocycles. The molecule has 42 heavy (non-hydrogen) atoms. The summed E-state index contributed by atoms with van der Waals surface area (Å²) in [6.07, 6.45) is -4.72. The van der Waals surface area contributed by atoms with E-state index in [1.807, 2.05) is 42.5 Å². The number of primary amides is 1. The molecule has 230 valence electrons. The van der Waals surface area contributed by atoms with Gasteiger partial charge in [-0.05, 0) is 55.1 Å². The summed E-state index contributed by atoms with van der Waals surface area (Å²) in [6.45, 7) is 1.31. The Labute approximate surface area is 243 Å². The van der Waals surface area contributed by atoms with Crippen molar-refractivity contribution in [3.05, 3.63) is 53.6 Å². The lowest BCUT2D eigenvalue weighted by Gasteiger charge is -2.39. The Balaban J connectivity index is 1.41. The minimum atomic E-state index is -1.58. The minimum absolute atomic E-state index is 0.145. The van der Waals surface area contributed by atoms with Crippen LogP contribution in [0, 0.1) is 0 Å². The third kappa shape index (κ3) is 7.95. The number of fused-ring (bicyclic) bond motifs is 1. The fraction of sp³-hybridized carbons (Fsp3) is 0.517. The van der Waals surface area contributed by atoms with E-state index < -0.39 is 37.3 Å². The van der Waals surface area contributed by atoms with Crippen LogP contribution in [0.3, 0.4) is 0 Å². The van der Waals surface area contributed by atoms with E-state index in [-0.39, 0.29) is 24.9 Å². The van der Waals surface area contributed by atoms with Crippen molar-refractivity contribution in [3.8, 4) is 11.6 Å². The monoisotopic (exact) mass is 588 g/mol. The van der Waals surface area contributed by atoms with Gasteiger partial charge in [-0.2, -0.15) is 0 Å². The predicted octanol–water partition coefficient (Wildman–Crippen LogP) is -0.774. The predicted molar refractivity (Wildman–Crippen MR) is 152 cm³/mol. The van der Waals surface area contributed by atoms with Gasteiger partial charge >= 0.3 is 0 Å². The number of nitrogens with one attached hydrogen (secondary N) is 1. The van der Waals surface area contributed by atoms with Crippen LogP contribution in [0.4, 0.5) is 0 Å². The average molecular weight is 589 g/mol. The van der Waals surface area contributed by atoms with Gasteiger partial charge in [0, 0.05) is 13.0 Å². The summed E-state index contributed by atoms with van der Waals surface area (Å²) in [5.74, 6) is 0.582. The van der Waals surface area contributed by atoms with Crippen molar-refractivity contribution in [1.29, 1.82) is 0 Å². The van der Waals surface area contributed by atoms with Crippen molar-refractivity contribution < 1.29 is 44.5 Å². The van der Waals surface area contributed by atoms with Crippen molar-refractivity contribution in [2.45, 2.75) is 62.9 Å². The summed E-state index contributed by atoms with van der Waals surface area (Å²) < 4.78 is 18.9. The highest BCUT2D eigenvalue weighted by atomic mass is 16.7. The smallest absolute Gasteiger partial charge is 0.243 e. The Morgan fingerprint density at radius 2 is 1.81 bits per heavy atom. The lowest BCUT2D eigenvalue weighted by atomic mass is 9.99. The molecular weight excluding hydrogens is 548 g/mol. The number of aromatic nitrogens is 2. The van der Waals surface area contributed by atoms with Gasteiger partial charge in [0.05, 0.1) is 37.3 Å². The highest BCUT2D eigenvalue weighted by Gasteiger charge is 2.45. The van der Waals surface area contributed by atoms with Crippen molar-refractivity contribution >= 4 is 16.8 Å². The van der Waals surface area contributed by atoms with Gasteiger partial charge in [-0.15, -0.1) is 5.10 Å². The molecule has 0 radical (unpaired) electrons. The zero-order chi connectivity index (χ0) is 30.1. The topological polar surface area (TPSA) is 202 Å². The van der Waals surface area contributed by atoms with E-state index in [0.717, 1.165) is 29.8 Å². The van der Waals surface area contributed by atoms with Gasteiger partial charge in [-0.25, -0.2) is 0 Å². The second-order valence-electron chi connectivity index (χ2n) is 10.2.